The van der Waals surface area contributed by atoms with E-state index in [1.165, 1.54) is 7.11 Å². The predicted molar refractivity (Wildman–Crippen MR) is 80.3 cm³/mol. The minimum atomic E-state index is -0.242. The number of methoxy groups -OCH3 is 1. The van der Waals surface area contributed by atoms with Crippen molar-refractivity contribution in [2.24, 2.45) is 0 Å². The van der Waals surface area contributed by atoms with Gasteiger partial charge >= 0.3 is 5.97 Å². The number of hydrogen-bond donors (Lipinski definition) is 0. The normalized spacial score (nSPS) is 18.7. The molecule has 1 aromatic carbocycles. The summed E-state index contributed by atoms with van der Waals surface area (Å²) in [6, 6.07) is 12.1. The average molecular weight is 286 g/mol. The molecule has 1 fully saturated rings. The highest BCUT2D eigenvalue weighted by molar-refractivity contribution is 5.80. The number of benzene rings is 1. The van der Waals surface area contributed by atoms with Crippen LogP contribution in [-0.4, -0.2) is 43.9 Å². The zero-order valence-electron chi connectivity index (χ0n) is 12.0. The Morgan fingerprint density at radius 3 is 3.10 bits per heavy atom. The van der Waals surface area contributed by atoms with E-state index < -0.39 is 0 Å². The van der Waals surface area contributed by atoms with Crippen LogP contribution < -0.4 is 4.90 Å². The zero-order chi connectivity index (χ0) is 14.7. The Labute approximate surface area is 123 Å². The lowest BCUT2D eigenvalue weighted by Gasteiger charge is -2.33. The predicted octanol–water partition coefficient (Wildman–Crippen LogP) is 2.00. The number of hydrogen-bond acceptors (Lipinski definition) is 5. The summed E-state index contributed by atoms with van der Waals surface area (Å²) in [7, 11) is 1.40. The molecule has 1 aliphatic heterocycles. The van der Waals surface area contributed by atoms with Crippen molar-refractivity contribution in [3.63, 3.8) is 0 Å². The third-order valence-electron chi connectivity index (χ3n) is 3.67. The number of morpholine rings is 1. The molecular weight excluding hydrogens is 268 g/mol. The minimum absolute atomic E-state index is 0.139. The molecule has 1 unspecified atom stereocenters. The molecular formula is C16H18N2O3. The molecule has 0 N–H and O–H groups in total. The Hall–Kier alpha value is -2.14. The largest absolute Gasteiger partial charge is 0.469 e. The Morgan fingerprint density at radius 2 is 2.24 bits per heavy atom. The van der Waals surface area contributed by atoms with E-state index in [0.717, 1.165) is 23.3 Å². The van der Waals surface area contributed by atoms with Gasteiger partial charge in [-0.05, 0) is 18.2 Å². The van der Waals surface area contributed by atoms with Gasteiger partial charge < -0.3 is 14.4 Å². The summed E-state index contributed by atoms with van der Waals surface area (Å²) in [6.07, 6.45) is 0.139. The van der Waals surface area contributed by atoms with Crippen molar-refractivity contribution in [1.82, 2.24) is 4.98 Å². The van der Waals surface area contributed by atoms with Crippen LogP contribution >= 0.6 is 0 Å². The molecule has 2 aromatic rings. The summed E-state index contributed by atoms with van der Waals surface area (Å²) in [4.78, 5) is 18.2. The summed E-state index contributed by atoms with van der Waals surface area (Å²) < 4.78 is 10.3. The number of pyridine rings is 1. The van der Waals surface area contributed by atoms with Gasteiger partial charge in [0.15, 0.2) is 0 Å². The zero-order valence-corrected chi connectivity index (χ0v) is 12.0. The second-order valence-electron chi connectivity index (χ2n) is 5.08. The molecule has 0 amide bonds. The highest BCUT2D eigenvalue weighted by Crippen LogP contribution is 2.20. The summed E-state index contributed by atoms with van der Waals surface area (Å²) in [5, 5.41) is 1.13. The molecule has 0 spiro atoms. The van der Waals surface area contributed by atoms with Crippen molar-refractivity contribution in [1.29, 1.82) is 0 Å². The molecule has 0 saturated carbocycles. The summed E-state index contributed by atoms with van der Waals surface area (Å²) in [5.74, 6) is 0.681. The van der Waals surface area contributed by atoms with Crippen LogP contribution in [0.4, 0.5) is 5.82 Å². The van der Waals surface area contributed by atoms with Crippen molar-refractivity contribution < 1.29 is 14.3 Å². The van der Waals surface area contributed by atoms with E-state index in [0.29, 0.717) is 13.2 Å². The highest BCUT2D eigenvalue weighted by Gasteiger charge is 2.24. The first-order valence-corrected chi connectivity index (χ1v) is 7.05. The molecule has 21 heavy (non-hydrogen) atoms. The quantitative estimate of drug-likeness (QED) is 0.808. The van der Waals surface area contributed by atoms with E-state index in [1.54, 1.807) is 0 Å². The molecule has 0 radical (unpaired) electrons. The third-order valence-corrected chi connectivity index (χ3v) is 3.67. The van der Waals surface area contributed by atoms with Gasteiger partial charge in [-0.3, -0.25) is 4.79 Å². The van der Waals surface area contributed by atoms with Gasteiger partial charge in [0.1, 0.15) is 5.82 Å². The maximum absolute atomic E-state index is 11.4. The highest BCUT2D eigenvalue weighted by atomic mass is 16.5. The number of fused-ring (bicyclic) bond motifs is 1. The second kappa shape index (κ2) is 6.10. The number of rotatable bonds is 3. The first-order valence-electron chi connectivity index (χ1n) is 7.05. The molecule has 1 aromatic heterocycles. The first-order chi connectivity index (χ1) is 10.3. The number of para-hydroxylation sites is 1. The topological polar surface area (TPSA) is 51.7 Å². The number of carbonyl (C=O) groups is 1. The SMILES string of the molecule is COC(=O)CC1CN(c2ccc3ccccc3n2)CCO1. The van der Waals surface area contributed by atoms with Gasteiger partial charge in [0.25, 0.3) is 0 Å². The standard InChI is InChI=1S/C16H18N2O3/c1-20-16(19)10-13-11-18(8-9-21-13)15-7-6-12-4-2-3-5-14(12)17-15/h2-7,13H,8-11H2,1H3. The van der Waals surface area contributed by atoms with Gasteiger partial charge in [-0.15, -0.1) is 0 Å². The van der Waals surface area contributed by atoms with Crippen LogP contribution in [0, 0.1) is 0 Å². The van der Waals surface area contributed by atoms with E-state index in [-0.39, 0.29) is 18.5 Å². The van der Waals surface area contributed by atoms with Crippen LogP contribution in [0.2, 0.25) is 0 Å². The van der Waals surface area contributed by atoms with E-state index in [2.05, 4.69) is 16.0 Å². The maximum Gasteiger partial charge on any atom is 0.308 e. The summed E-state index contributed by atoms with van der Waals surface area (Å²) >= 11 is 0. The summed E-state index contributed by atoms with van der Waals surface area (Å²) in [6.45, 7) is 2.03. The van der Waals surface area contributed by atoms with Crippen LogP contribution in [0.3, 0.4) is 0 Å². The molecule has 0 bridgehead atoms. The Morgan fingerprint density at radius 1 is 1.38 bits per heavy atom. The fraction of sp³-hybridized carbons (Fsp3) is 0.375. The van der Waals surface area contributed by atoms with Gasteiger partial charge in [0.2, 0.25) is 0 Å². The van der Waals surface area contributed by atoms with Gasteiger partial charge in [-0.25, -0.2) is 4.98 Å². The lowest BCUT2D eigenvalue weighted by atomic mass is 10.2. The van der Waals surface area contributed by atoms with Gasteiger partial charge in [-0.1, -0.05) is 18.2 Å². The van der Waals surface area contributed by atoms with Crippen LogP contribution in [-0.2, 0) is 14.3 Å². The van der Waals surface area contributed by atoms with E-state index in [1.807, 2.05) is 30.3 Å². The smallest absolute Gasteiger partial charge is 0.308 e. The Balaban J connectivity index is 1.76. The lowest BCUT2D eigenvalue weighted by Crippen LogP contribution is -2.43. The average Bonchev–Trinajstić information content (AvgIpc) is 2.54. The molecule has 3 rings (SSSR count). The molecule has 1 aliphatic rings. The number of esters is 1. The molecule has 5 heteroatoms. The van der Waals surface area contributed by atoms with Crippen LogP contribution in [0.15, 0.2) is 36.4 Å². The van der Waals surface area contributed by atoms with Crippen molar-refractivity contribution >= 4 is 22.7 Å². The summed E-state index contributed by atoms with van der Waals surface area (Å²) in [5.41, 5.74) is 0.978. The van der Waals surface area contributed by atoms with E-state index >= 15 is 0 Å². The minimum Gasteiger partial charge on any atom is -0.469 e. The number of aromatic nitrogens is 1. The Kier molecular flexibility index (Phi) is 4.01. The first kappa shape index (κ1) is 13.8. The van der Waals surface area contributed by atoms with E-state index in [4.69, 9.17) is 9.47 Å². The Bertz CT molecular complexity index is 644. The molecule has 1 saturated heterocycles. The van der Waals surface area contributed by atoms with Crippen molar-refractivity contribution in [2.45, 2.75) is 12.5 Å². The van der Waals surface area contributed by atoms with Crippen LogP contribution in [0.5, 0.6) is 0 Å². The molecule has 1 atom stereocenters. The van der Waals surface area contributed by atoms with Crippen LogP contribution in [0.25, 0.3) is 10.9 Å². The molecule has 5 nitrogen and oxygen atoms in total. The molecule has 0 aliphatic carbocycles. The molecule has 110 valence electrons. The number of carbonyl (C=O) groups excluding carboxylic acids is 1. The third kappa shape index (κ3) is 3.13. The van der Waals surface area contributed by atoms with Gasteiger partial charge in [-0.2, -0.15) is 0 Å². The van der Waals surface area contributed by atoms with Crippen molar-refractivity contribution in [3.05, 3.63) is 36.4 Å². The number of ether oxygens (including phenoxy) is 2. The maximum atomic E-state index is 11.4. The molecule has 2 heterocycles. The number of nitrogens with zero attached hydrogens (tertiary/aromatic N) is 2. The van der Waals surface area contributed by atoms with Crippen LogP contribution in [0.1, 0.15) is 6.42 Å². The van der Waals surface area contributed by atoms with Gasteiger partial charge in [0.05, 0.1) is 31.8 Å². The van der Waals surface area contributed by atoms with Gasteiger partial charge in [0, 0.05) is 18.5 Å². The monoisotopic (exact) mass is 286 g/mol. The van der Waals surface area contributed by atoms with Crippen molar-refractivity contribution in [3.8, 4) is 0 Å². The van der Waals surface area contributed by atoms with Crippen molar-refractivity contribution in [2.75, 3.05) is 31.7 Å². The second-order valence-corrected chi connectivity index (χ2v) is 5.08. The van der Waals surface area contributed by atoms with E-state index in [9.17, 15) is 4.79 Å². The fourth-order valence-electron chi connectivity index (χ4n) is 2.55. The fourth-order valence-corrected chi connectivity index (χ4v) is 2.55. The number of anilines is 1. The lowest BCUT2D eigenvalue weighted by molar-refractivity contribution is -0.144.